The number of nitrogens with zero attached hydrogens (tertiary/aromatic N) is 4. The Morgan fingerprint density at radius 3 is 2.40 bits per heavy atom. The maximum atomic E-state index is 12.3. The highest BCUT2D eigenvalue weighted by atomic mass is 32.2. The summed E-state index contributed by atoms with van der Waals surface area (Å²) in [6.45, 7) is 6.00. The van der Waals surface area contributed by atoms with E-state index in [4.69, 9.17) is 4.74 Å². The van der Waals surface area contributed by atoms with E-state index in [1.54, 1.807) is 12.4 Å². The summed E-state index contributed by atoms with van der Waals surface area (Å²) in [6, 6.07) is -0.254. The lowest BCUT2D eigenvalue weighted by Crippen LogP contribution is -2.51. The van der Waals surface area contributed by atoms with E-state index in [9.17, 15) is 8.42 Å². The van der Waals surface area contributed by atoms with Crippen LogP contribution in [0.5, 0.6) is 0 Å². The molecule has 1 unspecified atom stereocenters. The molecule has 0 aromatic carbocycles. The number of rotatable bonds is 6. The highest BCUT2D eigenvalue weighted by molar-refractivity contribution is 7.87. The van der Waals surface area contributed by atoms with Crippen LogP contribution in [-0.2, 0) is 21.5 Å². The van der Waals surface area contributed by atoms with Crippen molar-refractivity contribution >= 4 is 10.2 Å². The molecular weight excluding hydrogens is 282 g/mol. The third-order valence-corrected chi connectivity index (χ3v) is 4.89. The first-order valence-corrected chi connectivity index (χ1v) is 8.12. The molecule has 1 aromatic rings. The molecule has 9 heteroatoms. The van der Waals surface area contributed by atoms with Crippen molar-refractivity contribution in [1.82, 2.24) is 24.0 Å². The molecule has 1 saturated heterocycles. The third-order valence-electron chi connectivity index (χ3n) is 3.24. The van der Waals surface area contributed by atoms with Crippen molar-refractivity contribution in [3.05, 3.63) is 12.4 Å². The Morgan fingerprint density at radius 2 is 1.85 bits per heavy atom. The molecule has 20 heavy (non-hydrogen) atoms. The van der Waals surface area contributed by atoms with Crippen LogP contribution in [0.25, 0.3) is 0 Å². The second-order valence-corrected chi connectivity index (χ2v) is 6.77. The van der Waals surface area contributed by atoms with Crippen molar-refractivity contribution in [2.24, 2.45) is 5.92 Å². The van der Waals surface area contributed by atoms with Gasteiger partial charge in [-0.25, -0.2) is 0 Å². The minimum atomic E-state index is -3.50. The van der Waals surface area contributed by atoms with Crippen molar-refractivity contribution in [3.8, 4) is 0 Å². The Morgan fingerprint density at radius 1 is 1.25 bits per heavy atom. The lowest BCUT2D eigenvalue weighted by atomic mass is 10.1. The predicted molar refractivity (Wildman–Crippen MR) is 73.1 cm³/mol. The molecule has 2 heterocycles. The Bertz CT molecular complexity index is 496. The van der Waals surface area contributed by atoms with Gasteiger partial charge in [-0.3, -0.25) is 0 Å². The molecule has 1 N–H and O–H groups in total. The summed E-state index contributed by atoms with van der Waals surface area (Å²) in [4.78, 5) is 1.49. The van der Waals surface area contributed by atoms with Gasteiger partial charge < -0.3 is 4.74 Å². The van der Waals surface area contributed by atoms with Gasteiger partial charge in [0.15, 0.2) is 0 Å². The molecule has 1 atom stereocenters. The summed E-state index contributed by atoms with van der Waals surface area (Å²) in [6.07, 6.45) is 3.15. The number of aromatic nitrogens is 3. The SMILES string of the molecule is CC(C)C(Cn1nccn1)NS(=O)(=O)N1CCOCC1. The largest absolute Gasteiger partial charge is 0.379 e. The number of nitrogens with one attached hydrogen (secondary N) is 1. The summed E-state index contributed by atoms with van der Waals surface area (Å²) >= 11 is 0. The Labute approximate surface area is 119 Å². The Balaban J connectivity index is 2.03. The lowest BCUT2D eigenvalue weighted by Gasteiger charge is -2.29. The molecule has 2 rings (SSSR count). The van der Waals surface area contributed by atoms with Crippen LogP contribution in [0.1, 0.15) is 13.8 Å². The van der Waals surface area contributed by atoms with E-state index in [-0.39, 0.29) is 12.0 Å². The molecule has 1 aliphatic rings. The fraction of sp³-hybridized carbons (Fsp3) is 0.818. The zero-order valence-electron chi connectivity index (χ0n) is 11.8. The van der Waals surface area contributed by atoms with Crippen molar-refractivity contribution in [2.75, 3.05) is 26.3 Å². The average molecular weight is 303 g/mol. The van der Waals surface area contributed by atoms with Crippen LogP contribution in [0.3, 0.4) is 0 Å². The molecule has 8 nitrogen and oxygen atoms in total. The second-order valence-electron chi connectivity index (χ2n) is 5.07. The quantitative estimate of drug-likeness (QED) is 0.763. The molecule has 1 fully saturated rings. The Kier molecular flexibility index (Phi) is 5.08. The van der Waals surface area contributed by atoms with Crippen LogP contribution in [-0.4, -0.2) is 60.1 Å². The molecule has 1 aromatic heterocycles. The van der Waals surface area contributed by atoms with Gasteiger partial charge in [0.25, 0.3) is 10.2 Å². The van der Waals surface area contributed by atoms with E-state index in [0.717, 1.165) is 0 Å². The molecule has 1 aliphatic heterocycles. The van der Waals surface area contributed by atoms with Crippen LogP contribution in [0.15, 0.2) is 12.4 Å². The topological polar surface area (TPSA) is 89.3 Å². The van der Waals surface area contributed by atoms with Gasteiger partial charge in [-0.2, -0.15) is 32.4 Å². The highest BCUT2D eigenvalue weighted by Gasteiger charge is 2.28. The van der Waals surface area contributed by atoms with Gasteiger partial charge in [0.2, 0.25) is 0 Å². The van der Waals surface area contributed by atoms with E-state index in [1.165, 1.54) is 9.10 Å². The van der Waals surface area contributed by atoms with Gasteiger partial charge >= 0.3 is 0 Å². The fourth-order valence-corrected chi connectivity index (χ4v) is 3.46. The van der Waals surface area contributed by atoms with E-state index >= 15 is 0 Å². The lowest BCUT2D eigenvalue weighted by molar-refractivity contribution is 0.0721. The first-order chi connectivity index (χ1) is 9.49. The molecule has 0 bridgehead atoms. The average Bonchev–Trinajstić information content (AvgIpc) is 2.91. The van der Waals surface area contributed by atoms with Crippen LogP contribution in [0.2, 0.25) is 0 Å². The number of morpholine rings is 1. The van der Waals surface area contributed by atoms with Gasteiger partial charge in [0.05, 0.1) is 32.2 Å². The first-order valence-electron chi connectivity index (χ1n) is 6.68. The normalized spacial score (nSPS) is 19.4. The van der Waals surface area contributed by atoms with Crippen molar-refractivity contribution in [2.45, 2.75) is 26.4 Å². The summed E-state index contributed by atoms with van der Waals surface area (Å²) < 4.78 is 34.0. The molecule has 0 amide bonds. The highest BCUT2D eigenvalue weighted by Crippen LogP contribution is 2.09. The number of hydrogen-bond acceptors (Lipinski definition) is 5. The standard InChI is InChI=1S/C11H21N5O3S/c1-10(2)11(9-16-12-3-4-13-16)14-20(17,18)15-5-7-19-8-6-15/h3-4,10-11,14H,5-9H2,1-2H3. The van der Waals surface area contributed by atoms with Crippen molar-refractivity contribution in [1.29, 1.82) is 0 Å². The summed E-state index contributed by atoms with van der Waals surface area (Å²) in [5.41, 5.74) is 0. The summed E-state index contributed by atoms with van der Waals surface area (Å²) in [7, 11) is -3.50. The zero-order chi connectivity index (χ0) is 14.6. The monoisotopic (exact) mass is 303 g/mol. The van der Waals surface area contributed by atoms with Gasteiger partial charge in [-0.1, -0.05) is 13.8 Å². The number of ether oxygens (including phenoxy) is 1. The van der Waals surface area contributed by atoms with Crippen molar-refractivity contribution in [3.63, 3.8) is 0 Å². The second kappa shape index (κ2) is 6.61. The molecule has 114 valence electrons. The molecule has 0 spiro atoms. The first kappa shape index (κ1) is 15.4. The van der Waals surface area contributed by atoms with Crippen molar-refractivity contribution < 1.29 is 13.2 Å². The maximum absolute atomic E-state index is 12.3. The van der Waals surface area contributed by atoms with Gasteiger partial charge in [0, 0.05) is 19.1 Å². The van der Waals surface area contributed by atoms with Gasteiger partial charge in [0.1, 0.15) is 0 Å². The fourth-order valence-electron chi connectivity index (χ4n) is 1.95. The smallest absolute Gasteiger partial charge is 0.279 e. The third kappa shape index (κ3) is 3.98. The zero-order valence-corrected chi connectivity index (χ0v) is 12.6. The van der Waals surface area contributed by atoms with E-state index < -0.39 is 10.2 Å². The van der Waals surface area contributed by atoms with Crippen LogP contribution < -0.4 is 4.72 Å². The summed E-state index contributed by atoms with van der Waals surface area (Å²) in [5, 5.41) is 8.04. The molecule has 0 aliphatic carbocycles. The van der Waals surface area contributed by atoms with E-state index in [2.05, 4.69) is 14.9 Å². The minimum absolute atomic E-state index is 0.136. The predicted octanol–water partition coefficient (Wildman–Crippen LogP) is -0.531. The molecule has 0 saturated carbocycles. The van der Waals surface area contributed by atoms with Crippen LogP contribution >= 0.6 is 0 Å². The summed E-state index contributed by atoms with van der Waals surface area (Å²) in [5.74, 6) is 0.136. The Hall–Kier alpha value is -1.03. The van der Waals surface area contributed by atoms with Gasteiger partial charge in [-0.05, 0) is 5.92 Å². The van der Waals surface area contributed by atoms with Gasteiger partial charge in [-0.15, -0.1) is 0 Å². The molecular formula is C11H21N5O3S. The van der Waals surface area contributed by atoms with Crippen LogP contribution in [0.4, 0.5) is 0 Å². The van der Waals surface area contributed by atoms with E-state index in [0.29, 0.717) is 32.8 Å². The molecule has 0 radical (unpaired) electrons. The maximum Gasteiger partial charge on any atom is 0.279 e. The van der Waals surface area contributed by atoms with E-state index in [1.807, 2.05) is 13.8 Å². The van der Waals surface area contributed by atoms with Crippen LogP contribution in [0, 0.1) is 5.92 Å². The minimum Gasteiger partial charge on any atom is -0.379 e. The number of hydrogen-bond donors (Lipinski definition) is 1.